The number of halogens is 3. The van der Waals surface area contributed by atoms with Gasteiger partial charge >= 0.3 is 6.18 Å². The van der Waals surface area contributed by atoms with E-state index in [0.717, 1.165) is 49.9 Å². The first kappa shape index (κ1) is 23.1. The van der Waals surface area contributed by atoms with E-state index < -0.39 is 27.7 Å². The molecule has 1 N–H and O–H groups in total. The zero-order valence-corrected chi connectivity index (χ0v) is 17.7. The quantitative estimate of drug-likeness (QED) is 0.717. The van der Waals surface area contributed by atoms with Crippen LogP contribution in [-0.4, -0.2) is 38.8 Å². The number of sulfonamides is 1. The van der Waals surface area contributed by atoms with Crippen molar-refractivity contribution in [2.75, 3.05) is 25.5 Å². The molecule has 0 unspecified atom stereocenters. The molecule has 0 spiro atoms. The molecule has 1 heterocycles. The van der Waals surface area contributed by atoms with Crippen molar-refractivity contribution in [2.24, 2.45) is 0 Å². The van der Waals surface area contributed by atoms with Gasteiger partial charge in [0.05, 0.1) is 23.3 Å². The zero-order valence-electron chi connectivity index (χ0n) is 16.9. The van der Waals surface area contributed by atoms with Gasteiger partial charge in [-0.05, 0) is 55.3 Å². The highest BCUT2D eigenvalue weighted by molar-refractivity contribution is 7.89. The van der Waals surface area contributed by atoms with Crippen molar-refractivity contribution in [3.8, 4) is 5.75 Å². The summed E-state index contributed by atoms with van der Waals surface area (Å²) in [4.78, 5) is 12.6. The van der Waals surface area contributed by atoms with Crippen LogP contribution in [0.4, 0.5) is 18.9 Å². The van der Waals surface area contributed by atoms with E-state index in [2.05, 4.69) is 5.32 Å². The van der Waals surface area contributed by atoms with Gasteiger partial charge in [-0.1, -0.05) is 12.8 Å². The molecule has 1 aliphatic heterocycles. The molecule has 168 valence electrons. The van der Waals surface area contributed by atoms with E-state index in [1.807, 2.05) is 0 Å². The van der Waals surface area contributed by atoms with Crippen molar-refractivity contribution in [1.29, 1.82) is 0 Å². The Morgan fingerprint density at radius 1 is 1.00 bits per heavy atom. The lowest BCUT2D eigenvalue weighted by molar-refractivity contribution is -0.137. The summed E-state index contributed by atoms with van der Waals surface area (Å²) in [5.74, 6) is -0.452. The van der Waals surface area contributed by atoms with Gasteiger partial charge in [0.25, 0.3) is 5.91 Å². The molecule has 10 heteroatoms. The Morgan fingerprint density at radius 3 is 2.16 bits per heavy atom. The summed E-state index contributed by atoms with van der Waals surface area (Å²) in [5.41, 5.74) is -0.758. The molecule has 1 aliphatic rings. The first-order chi connectivity index (χ1) is 14.6. The molecule has 6 nitrogen and oxygen atoms in total. The van der Waals surface area contributed by atoms with Crippen molar-refractivity contribution < 1.29 is 31.1 Å². The minimum atomic E-state index is -4.51. The van der Waals surface area contributed by atoms with Gasteiger partial charge < -0.3 is 10.1 Å². The van der Waals surface area contributed by atoms with Gasteiger partial charge in [-0.15, -0.1) is 0 Å². The Bertz CT molecular complexity index is 1030. The predicted molar refractivity (Wildman–Crippen MR) is 110 cm³/mol. The van der Waals surface area contributed by atoms with Gasteiger partial charge in [-0.3, -0.25) is 4.79 Å². The predicted octanol–water partition coefficient (Wildman–Crippen LogP) is 4.53. The van der Waals surface area contributed by atoms with Crippen LogP contribution in [0, 0.1) is 0 Å². The van der Waals surface area contributed by atoms with Crippen LogP contribution in [0.5, 0.6) is 5.75 Å². The van der Waals surface area contributed by atoms with Crippen molar-refractivity contribution in [1.82, 2.24) is 4.31 Å². The molecule has 0 aliphatic carbocycles. The number of hydrogen-bond donors (Lipinski definition) is 1. The topological polar surface area (TPSA) is 75.7 Å². The largest absolute Gasteiger partial charge is 0.495 e. The average Bonchev–Trinajstić information content (AvgIpc) is 3.03. The Labute approximate surface area is 179 Å². The molecule has 0 aromatic heterocycles. The molecular formula is C21H23F3N2O4S. The number of carbonyl (C=O) groups is 1. The molecule has 1 saturated heterocycles. The fourth-order valence-corrected chi connectivity index (χ4v) is 4.93. The lowest BCUT2D eigenvalue weighted by atomic mass is 10.1. The fourth-order valence-electron chi connectivity index (χ4n) is 3.38. The monoisotopic (exact) mass is 456 g/mol. The molecule has 2 aromatic rings. The SMILES string of the molecule is COc1ccc(S(=O)(=O)N2CCCCCC2)cc1NC(=O)c1ccc(C(F)(F)F)cc1. The number of rotatable bonds is 5. The van der Waals surface area contributed by atoms with Crippen LogP contribution in [0.3, 0.4) is 0 Å². The molecule has 0 atom stereocenters. The zero-order chi connectivity index (χ0) is 22.6. The van der Waals surface area contributed by atoms with Crippen LogP contribution in [-0.2, 0) is 16.2 Å². The maximum absolute atomic E-state index is 13.0. The molecule has 3 rings (SSSR count). The second kappa shape index (κ2) is 9.27. The van der Waals surface area contributed by atoms with E-state index in [9.17, 15) is 26.4 Å². The lowest BCUT2D eigenvalue weighted by Gasteiger charge is -2.21. The summed E-state index contributed by atoms with van der Waals surface area (Å²) in [7, 11) is -2.39. The van der Waals surface area contributed by atoms with Crippen LogP contribution in [0.25, 0.3) is 0 Å². The summed E-state index contributed by atoms with van der Waals surface area (Å²) in [5, 5.41) is 2.54. The first-order valence-electron chi connectivity index (χ1n) is 9.80. The van der Waals surface area contributed by atoms with Gasteiger partial charge in [0, 0.05) is 18.7 Å². The number of ether oxygens (including phenoxy) is 1. The van der Waals surface area contributed by atoms with Gasteiger partial charge in [-0.25, -0.2) is 8.42 Å². The molecule has 1 fully saturated rings. The Balaban J connectivity index is 1.86. The number of amides is 1. The number of alkyl halides is 3. The third-order valence-corrected chi connectivity index (χ3v) is 6.99. The summed E-state index contributed by atoms with van der Waals surface area (Å²) >= 11 is 0. The van der Waals surface area contributed by atoms with E-state index in [1.165, 1.54) is 29.6 Å². The van der Waals surface area contributed by atoms with Gasteiger partial charge in [-0.2, -0.15) is 17.5 Å². The third-order valence-electron chi connectivity index (χ3n) is 5.10. The number of nitrogens with zero attached hydrogens (tertiary/aromatic N) is 1. The molecule has 1 amide bonds. The van der Waals surface area contributed by atoms with Crippen molar-refractivity contribution in [2.45, 2.75) is 36.8 Å². The molecule has 31 heavy (non-hydrogen) atoms. The summed E-state index contributed by atoms with van der Waals surface area (Å²) < 4.78 is 70.9. The average molecular weight is 456 g/mol. The smallest absolute Gasteiger partial charge is 0.416 e. The van der Waals surface area contributed by atoms with Crippen LogP contribution in [0.15, 0.2) is 47.4 Å². The maximum Gasteiger partial charge on any atom is 0.416 e. The number of benzene rings is 2. The number of carbonyl (C=O) groups excluding carboxylic acids is 1. The Hall–Kier alpha value is -2.59. The fraction of sp³-hybridized carbons (Fsp3) is 0.381. The summed E-state index contributed by atoms with van der Waals surface area (Å²) in [6, 6.07) is 7.89. The second-order valence-corrected chi connectivity index (χ2v) is 9.15. The van der Waals surface area contributed by atoms with Crippen LogP contribution < -0.4 is 10.1 Å². The maximum atomic E-state index is 13.0. The minimum absolute atomic E-state index is 0.00386. The van der Waals surface area contributed by atoms with Crippen LogP contribution in [0.1, 0.15) is 41.6 Å². The number of methoxy groups -OCH3 is 1. The second-order valence-electron chi connectivity index (χ2n) is 7.21. The van der Waals surface area contributed by atoms with E-state index >= 15 is 0 Å². The van der Waals surface area contributed by atoms with Gasteiger partial charge in [0.2, 0.25) is 10.0 Å². The molecule has 0 radical (unpaired) electrons. The number of hydrogen-bond acceptors (Lipinski definition) is 4. The van der Waals surface area contributed by atoms with Crippen LogP contribution in [0.2, 0.25) is 0 Å². The third kappa shape index (κ3) is 5.37. The van der Waals surface area contributed by atoms with E-state index in [4.69, 9.17) is 4.74 Å². The standard InChI is InChI=1S/C21H23F3N2O4S/c1-30-19-11-10-17(31(28,29)26-12-4-2-3-5-13-26)14-18(19)25-20(27)15-6-8-16(9-7-15)21(22,23)24/h6-11,14H,2-5,12-13H2,1H3,(H,25,27). The van der Waals surface area contributed by atoms with E-state index in [-0.39, 0.29) is 21.9 Å². The summed E-state index contributed by atoms with van der Waals surface area (Å²) in [6.07, 6.45) is -0.986. The van der Waals surface area contributed by atoms with Crippen molar-refractivity contribution >= 4 is 21.6 Å². The molecule has 2 aromatic carbocycles. The molecule has 0 bridgehead atoms. The van der Waals surface area contributed by atoms with E-state index in [0.29, 0.717) is 13.1 Å². The van der Waals surface area contributed by atoms with Crippen LogP contribution >= 0.6 is 0 Å². The normalized spacial score (nSPS) is 15.9. The molecule has 0 saturated carbocycles. The lowest BCUT2D eigenvalue weighted by Crippen LogP contribution is -2.32. The highest BCUT2D eigenvalue weighted by Crippen LogP contribution is 2.31. The highest BCUT2D eigenvalue weighted by Gasteiger charge is 2.30. The van der Waals surface area contributed by atoms with E-state index in [1.54, 1.807) is 0 Å². The minimum Gasteiger partial charge on any atom is -0.495 e. The number of anilines is 1. The Morgan fingerprint density at radius 2 is 1.61 bits per heavy atom. The Kier molecular flexibility index (Phi) is 6.90. The first-order valence-corrected chi connectivity index (χ1v) is 11.2. The van der Waals surface area contributed by atoms with Crippen molar-refractivity contribution in [3.63, 3.8) is 0 Å². The summed E-state index contributed by atoms with van der Waals surface area (Å²) in [6.45, 7) is 0.864. The van der Waals surface area contributed by atoms with Gasteiger partial charge in [0.15, 0.2) is 0 Å². The molecular weight excluding hydrogens is 433 g/mol. The highest BCUT2D eigenvalue weighted by atomic mass is 32.2. The number of nitrogens with one attached hydrogen (secondary N) is 1. The van der Waals surface area contributed by atoms with Gasteiger partial charge in [0.1, 0.15) is 5.75 Å². The van der Waals surface area contributed by atoms with Crippen molar-refractivity contribution in [3.05, 3.63) is 53.6 Å².